The molecule has 27 heavy (non-hydrogen) atoms. The van der Waals surface area contributed by atoms with Crippen LogP contribution in [-0.2, 0) is 6.54 Å². The molecular weight excluding hydrogens is 348 g/mol. The largest absolute Gasteiger partial charge is 0.491 e. The van der Waals surface area contributed by atoms with Crippen LogP contribution in [-0.4, -0.2) is 35.5 Å². The summed E-state index contributed by atoms with van der Waals surface area (Å²) < 4.78 is 7.08. The van der Waals surface area contributed by atoms with Gasteiger partial charge in [0.15, 0.2) is 5.78 Å². The summed E-state index contributed by atoms with van der Waals surface area (Å²) in [6, 6.07) is 6.99. The number of nitrogens with two attached hydrogens (primary N) is 1. The summed E-state index contributed by atoms with van der Waals surface area (Å²) in [5.41, 5.74) is 5.79. The van der Waals surface area contributed by atoms with Crippen LogP contribution in [0.25, 0.3) is 0 Å². The monoisotopic (exact) mass is 374 g/mol. The first kappa shape index (κ1) is 20.3. The molecule has 1 aromatic carbocycles. The van der Waals surface area contributed by atoms with Gasteiger partial charge in [-0.05, 0) is 25.5 Å². The molecule has 0 bridgehead atoms. The van der Waals surface area contributed by atoms with Crippen molar-refractivity contribution in [3.05, 3.63) is 50.7 Å². The Balaban J connectivity index is 2.15. The number of ketones is 1. The van der Waals surface area contributed by atoms with Crippen LogP contribution in [0.4, 0.5) is 11.5 Å². The van der Waals surface area contributed by atoms with Crippen LogP contribution in [0.3, 0.4) is 0 Å². The van der Waals surface area contributed by atoms with Crippen molar-refractivity contribution in [3.8, 4) is 5.75 Å². The summed E-state index contributed by atoms with van der Waals surface area (Å²) in [7, 11) is 1.70. The second-order valence-corrected chi connectivity index (χ2v) is 6.32. The summed E-state index contributed by atoms with van der Waals surface area (Å²) in [5, 5.41) is 0. The fourth-order valence-electron chi connectivity index (χ4n) is 2.77. The first-order valence-corrected chi connectivity index (χ1v) is 8.93. The molecule has 8 heteroatoms. The third-order valence-corrected chi connectivity index (χ3v) is 4.28. The van der Waals surface area contributed by atoms with Crippen LogP contribution in [0, 0.1) is 0 Å². The fraction of sp³-hybridized carbons (Fsp3) is 0.421. The molecule has 0 amide bonds. The van der Waals surface area contributed by atoms with E-state index in [4.69, 9.17) is 10.5 Å². The Labute approximate surface area is 157 Å². The Morgan fingerprint density at radius 1 is 1.30 bits per heavy atom. The van der Waals surface area contributed by atoms with Crippen molar-refractivity contribution in [2.45, 2.75) is 33.2 Å². The highest BCUT2D eigenvalue weighted by molar-refractivity contribution is 5.96. The molecule has 3 N–H and O–H groups in total. The summed E-state index contributed by atoms with van der Waals surface area (Å²) in [5.74, 6) is 0.555. The number of nitrogens with zero attached hydrogens (tertiary/aromatic N) is 2. The summed E-state index contributed by atoms with van der Waals surface area (Å²) in [6.07, 6.45) is 1.68. The van der Waals surface area contributed by atoms with E-state index in [1.165, 1.54) is 11.5 Å². The smallest absolute Gasteiger partial charge is 0.330 e. The lowest BCUT2D eigenvalue weighted by Gasteiger charge is -2.22. The van der Waals surface area contributed by atoms with Crippen molar-refractivity contribution < 1.29 is 9.53 Å². The maximum Gasteiger partial charge on any atom is 0.330 e. The average molecular weight is 374 g/mol. The quantitative estimate of drug-likeness (QED) is 0.646. The van der Waals surface area contributed by atoms with Gasteiger partial charge >= 0.3 is 5.69 Å². The van der Waals surface area contributed by atoms with Crippen molar-refractivity contribution in [3.63, 3.8) is 0 Å². The number of benzene rings is 1. The van der Waals surface area contributed by atoms with Crippen molar-refractivity contribution in [2.75, 3.05) is 30.8 Å². The number of likely N-dealkylation sites (N-methyl/N-ethyl adjacent to an activating group) is 1. The summed E-state index contributed by atoms with van der Waals surface area (Å²) in [4.78, 5) is 39.8. The lowest BCUT2D eigenvalue weighted by molar-refractivity contribution is 0.101. The lowest BCUT2D eigenvalue weighted by Crippen LogP contribution is -2.38. The number of carbonyl (C=O) groups is 1. The Morgan fingerprint density at radius 2 is 2.00 bits per heavy atom. The van der Waals surface area contributed by atoms with E-state index >= 15 is 0 Å². The highest BCUT2D eigenvalue weighted by Gasteiger charge is 2.16. The molecular formula is C19H26N4O4. The molecule has 2 aromatic rings. The number of ether oxygens (including phenoxy) is 1. The van der Waals surface area contributed by atoms with Gasteiger partial charge in [-0.3, -0.25) is 19.1 Å². The van der Waals surface area contributed by atoms with Gasteiger partial charge in [0.2, 0.25) is 0 Å². The van der Waals surface area contributed by atoms with Gasteiger partial charge in [-0.2, -0.15) is 0 Å². The molecule has 0 saturated heterocycles. The van der Waals surface area contributed by atoms with E-state index in [1.807, 2.05) is 6.92 Å². The maximum atomic E-state index is 12.2. The Bertz CT molecular complexity index is 917. The fourth-order valence-corrected chi connectivity index (χ4v) is 2.77. The lowest BCUT2D eigenvalue weighted by atomic mass is 10.1. The predicted molar refractivity (Wildman–Crippen MR) is 106 cm³/mol. The number of anilines is 2. The van der Waals surface area contributed by atoms with Gasteiger partial charge in [0, 0.05) is 13.6 Å². The molecule has 0 spiro atoms. The van der Waals surface area contributed by atoms with Crippen LogP contribution in [0.2, 0.25) is 0 Å². The standard InChI is InChI=1S/C19H26N4O4/c1-4-5-10-23-17(20)16(18(25)21-19(23)26)22(3)11-12-27-15-9-7-6-8-14(15)13(2)24/h6-9H,4-5,10-12,20H2,1-3H3,(H,21,25,26). The predicted octanol–water partition coefficient (Wildman–Crippen LogP) is 1.64. The van der Waals surface area contributed by atoms with Gasteiger partial charge in [0.25, 0.3) is 5.56 Å². The molecule has 0 radical (unpaired) electrons. The van der Waals surface area contributed by atoms with Gasteiger partial charge in [0.1, 0.15) is 23.9 Å². The van der Waals surface area contributed by atoms with Gasteiger partial charge in [-0.1, -0.05) is 25.5 Å². The minimum atomic E-state index is -0.531. The normalized spacial score (nSPS) is 10.6. The number of nitrogens with one attached hydrogen (secondary N) is 1. The number of hydrogen-bond donors (Lipinski definition) is 2. The zero-order valence-electron chi connectivity index (χ0n) is 15.9. The Hall–Kier alpha value is -3.03. The van der Waals surface area contributed by atoms with Crippen molar-refractivity contribution in [1.82, 2.24) is 9.55 Å². The highest BCUT2D eigenvalue weighted by Crippen LogP contribution is 2.19. The van der Waals surface area contributed by atoms with Gasteiger partial charge in [0.05, 0.1) is 12.1 Å². The van der Waals surface area contributed by atoms with Gasteiger partial charge in [-0.25, -0.2) is 4.79 Å². The molecule has 0 fully saturated rings. The molecule has 8 nitrogen and oxygen atoms in total. The Kier molecular flexibility index (Phi) is 6.81. The van der Waals surface area contributed by atoms with E-state index in [0.717, 1.165) is 12.8 Å². The first-order chi connectivity index (χ1) is 12.9. The molecule has 0 atom stereocenters. The van der Waals surface area contributed by atoms with E-state index in [9.17, 15) is 14.4 Å². The van der Waals surface area contributed by atoms with E-state index in [0.29, 0.717) is 24.4 Å². The van der Waals surface area contributed by atoms with E-state index < -0.39 is 11.2 Å². The topological polar surface area (TPSA) is 110 Å². The number of hydrogen-bond acceptors (Lipinski definition) is 6. The number of aromatic amines is 1. The van der Waals surface area contributed by atoms with E-state index in [-0.39, 0.29) is 23.9 Å². The zero-order valence-corrected chi connectivity index (χ0v) is 15.9. The van der Waals surface area contributed by atoms with Crippen molar-refractivity contribution >= 4 is 17.3 Å². The molecule has 0 aliphatic rings. The van der Waals surface area contributed by atoms with Crippen LogP contribution >= 0.6 is 0 Å². The second-order valence-electron chi connectivity index (χ2n) is 6.32. The minimum absolute atomic E-state index is 0.0809. The number of aromatic nitrogens is 2. The van der Waals surface area contributed by atoms with Crippen LogP contribution in [0.1, 0.15) is 37.0 Å². The number of nitrogen functional groups attached to an aromatic ring is 1. The van der Waals surface area contributed by atoms with Crippen LogP contribution in [0.5, 0.6) is 5.75 Å². The van der Waals surface area contributed by atoms with Crippen LogP contribution < -0.4 is 26.6 Å². The number of Topliss-reactive ketones (excluding diaryl/α,β-unsaturated/α-hetero) is 1. The number of H-pyrrole nitrogens is 1. The molecule has 2 rings (SSSR count). The number of carbonyl (C=O) groups excluding carboxylic acids is 1. The highest BCUT2D eigenvalue weighted by atomic mass is 16.5. The molecule has 0 aliphatic heterocycles. The van der Waals surface area contributed by atoms with Gasteiger partial charge in [-0.15, -0.1) is 0 Å². The van der Waals surface area contributed by atoms with Crippen molar-refractivity contribution in [2.24, 2.45) is 0 Å². The Morgan fingerprint density at radius 3 is 2.67 bits per heavy atom. The third-order valence-electron chi connectivity index (χ3n) is 4.28. The molecule has 0 aliphatic carbocycles. The molecule has 0 saturated carbocycles. The second kappa shape index (κ2) is 9.07. The number of rotatable bonds is 9. The maximum absolute atomic E-state index is 12.2. The van der Waals surface area contributed by atoms with Crippen LogP contribution in [0.15, 0.2) is 33.9 Å². The molecule has 1 heterocycles. The van der Waals surface area contributed by atoms with E-state index in [2.05, 4.69) is 4.98 Å². The average Bonchev–Trinajstić information content (AvgIpc) is 2.61. The van der Waals surface area contributed by atoms with E-state index in [1.54, 1.807) is 36.2 Å². The molecule has 146 valence electrons. The SMILES string of the molecule is CCCCn1c(N)c(N(C)CCOc2ccccc2C(C)=O)c(=O)[nH]c1=O. The minimum Gasteiger partial charge on any atom is -0.491 e. The van der Waals surface area contributed by atoms with Gasteiger partial charge < -0.3 is 15.4 Å². The third kappa shape index (κ3) is 4.78. The number of para-hydroxylation sites is 1. The zero-order chi connectivity index (χ0) is 20.0. The first-order valence-electron chi connectivity index (χ1n) is 8.93. The molecule has 1 aromatic heterocycles. The molecule has 0 unspecified atom stereocenters. The number of unbranched alkanes of at least 4 members (excludes halogenated alkanes) is 1. The summed E-state index contributed by atoms with van der Waals surface area (Å²) >= 11 is 0. The summed E-state index contributed by atoms with van der Waals surface area (Å²) in [6.45, 7) is 4.53. The van der Waals surface area contributed by atoms with Crippen molar-refractivity contribution in [1.29, 1.82) is 0 Å².